The van der Waals surface area contributed by atoms with Gasteiger partial charge >= 0.3 is 0 Å². The highest BCUT2D eigenvalue weighted by Crippen LogP contribution is 2.33. The molecular weight excluding hydrogens is 449 g/mol. The minimum Gasteiger partial charge on any atom is -0.348 e. The van der Waals surface area contributed by atoms with E-state index in [2.05, 4.69) is 6.58 Å². The lowest BCUT2D eigenvalue weighted by Crippen LogP contribution is -2.27. The fourth-order valence-corrected chi connectivity index (χ4v) is 4.37. The second kappa shape index (κ2) is 11.7. The smallest absolute Gasteiger partial charge is 0.183 e. The van der Waals surface area contributed by atoms with Gasteiger partial charge in [0.05, 0.1) is 13.2 Å². The zero-order valence-corrected chi connectivity index (χ0v) is 20.0. The van der Waals surface area contributed by atoms with E-state index in [0.717, 1.165) is 25.7 Å². The number of aryl methyl sites for hydroxylation is 1. The normalized spacial score (nSPS) is 17.9. The molecule has 2 nitrogen and oxygen atoms in total. The first-order chi connectivity index (χ1) is 17.0. The lowest BCUT2D eigenvalue weighted by atomic mass is 9.97. The first kappa shape index (κ1) is 25.2. The third kappa shape index (κ3) is 5.85. The van der Waals surface area contributed by atoms with E-state index in [1.807, 2.05) is 13.0 Å². The quantitative estimate of drug-likeness (QED) is 0.286. The summed E-state index contributed by atoms with van der Waals surface area (Å²) in [5.41, 5.74) is 2.83. The number of hydrogen-bond acceptors (Lipinski definition) is 2. The number of allylic oxidation sites excluding steroid dienone is 1. The fraction of sp³-hybridized carbons (Fsp3) is 0.333. The van der Waals surface area contributed by atoms with Crippen molar-refractivity contribution in [2.45, 2.75) is 45.3 Å². The summed E-state index contributed by atoms with van der Waals surface area (Å²) in [7, 11) is 0. The standard InChI is InChI=1S/C30H31F3O2/c1-3-5-7-20-18-34-30(35-19-20)24-14-15-25(27(31)17-24)21-9-11-22(12-10-21)26-16-13-23(8-6-4-2)28(32)29(26)33/h3,9-17,20,30H,1,4-8,18-19H2,2H3. The Morgan fingerprint density at radius 3 is 2.17 bits per heavy atom. The third-order valence-electron chi connectivity index (χ3n) is 6.48. The Balaban J connectivity index is 1.47. The van der Waals surface area contributed by atoms with Crippen molar-refractivity contribution >= 4 is 0 Å². The zero-order valence-electron chi connectivity index (χ0n) is 20.0. The third-order valence-corrected chi connectivity index (χ3v) is 6.48. The van der Waals surface area contributed by atoms with Gasteiger partial charge in [-0.1, -0.05) is 68.0 Å². The molecule has 0 atom stereocenters. The molecule has 0 N–H and O–H groups in total. The molecule has 0 spiro atoms. The summed E-state index contributed by atoms with van der Waals surface area (Å²) < 4.78 is 55.8. The zero-order chi connectivity index (χ0) is 24.8. The molecule has 35 heavy (non-hydrogen) atoms. The molecule has 0 saturated carbocycles. The van der Waals surface area contributed by atoms with Crippen LogP contribution in [0.5, 0.6) is 0 Å². The van der Waals surface area contributed by atoms with Crippen LogP contribution >= 0.6 is 0 Å². The SMILES string of the molecule is C=CCCC1COC(c2ccc(-c3ccc(-c4ccc(CCCC)c(F)c4F)cc3)c(F)c2)OC1. The molecule has 0 aromatic heterocycles. The Hall–Kier alpha value is -2.89. The van der Waals surface area contributed by atoms with Crippen LogP contribution in [0.25, 0.3) is 22.3 Å². The molecule has 5 heteroatoms. The Morgan fingerprint density at radius 1 is 0.886 bits per heavy atom. The molecule has 1 heterocycles. The van der Waals surface area contributed by atoms with Crippen molar-refractivity contribution in [2.75, 3.05) is 13.2 Å². The maximum atomic E-state index is 15.0. The van der Waals surface area contributed by atoms with Gasteiger partial charge in [-0.15, -0.1) is 6.58 Å². The summed E-state index contributed by atoms with van der Waals surface area (Å²) in [6.07, 6.45) is 5.41. The molecule has 3 aromatic carbocycles. The monoisotopic (exact) mass is 480 g/mol. The Morgan fingerprint density at radius 2 is 1.54 bits per heavy atom. The van der Waals surface area contributed by atoms with Crippen molar-refractivity contribution in [1.82, 2.24) is 0 Å². The highest BCUT2D eigenvalue weighted by Gasteiger charge is 2.24. The second-order valence-corrected chi connectivity index (χ2v) is 9.05. The number of halogens is 3. The van der Waals surface area contributed by atoms with Gasteiger partial charge < -0.3 is 9.47 Å². The Labute approximate surface area is 205 Å². The van der Waals surface area contributed by atoms with E-state index in [1.54, 1.807) is 48.5 Å². The van der Waals surface area contributed by atoms with Crippen molar-refractivity contribution in [3.8, 4) is 22.3 Å². The summed E-state index contributed by atoms with van der Waals surface area (Å²) in [5, 5.41) is 0. The van der Waals surface area contributed by atoms with Crippen molar-refractivity contribution in [3.63, 3.8) is 0 Å². The van der Waals surface area contributed by atoms with Gasteiger partial charge in [0.1, 0.15) is 5.82 Å². The molecule has 0 unspecified atom stereocenters. The minimum atomic E-state index is -0.846. The van der Waals surface area contributed by atoms with E-state index in [4.69, 9.17) is 9.47 Å². The molecule has 0 aliphatic carbocycles. The average molecular weight is 481 g/mol. The number of benzene rings is 3. The highest BCUT2D eigenvalue weighted by atomic mass is 19.2. The maximum absolute atomic E-state index is 15.0. The van der Waals surface area contributed by atoms with Crippen LogP contribution in [-0.2, 0) is 15.9 Å². The van der Waals surface area contributed by atoms with Crippen LogP contribution < -0.4 is 0 Å². The molecule has 1 aliphatic rings. The van der Waals surface area contributed by atoms with E-state index >= 15 is 0 Å². The van der Waals surface area contributed by atoms with Crippen LogP contribution in [0, 0.1) is 23.4 Å². The first-order valence-electron chi connectivity index (χ1n) is 12.2. The van der Waals surface area contributed by atoms with Gasteiger partial charge in [-0.2, -0.15) is 0 Å². The molecule has 0 amide bonds. The Kier molecular flexibility index (Phi) is 8.42. The summed E-state index contributed by atoms with van der Waals surface area (Å²) in [5.74, 6) is -1.71. The van der Waals surface area contributed by atoms with Gasteiger partial charge in [0.25, 0.3) is 0 Å². The molecular formula is C30H31F3O2. The van der Waals surface area contributed by atoms with Crippen LogP contribution in [0.4, 0.5) is 13.2 Å². The predicted molar refractivity (Wildman–Crippen MR) is 133 cm³/mol. The second-order valence-electron chi connectivity index (χ2n) is 9.05. The van der Waals surface area contributed by atoms with Crippen LogP contribution in [0.1, 0.15) is 50.0 Å². The van der Waals surface area contributed by atoms with E-state index in [9.17, 15) is 13.2 Å². The molecule has 0 bridgehead atoms. The highest BCUT2D eigenvalue weighted by molar-refractivity contribution is 5.71. The van der Waals surface area contributed by atoms with Gasteiger partial charge in [0.2, 0.25) is 0 Å². The van der Waals surface area contributed by atoms with Crippen molar-refractivity contribution < 1.29 is 22.6 Å². The average Bonchev–Trinajstić information content (AvgIpc) is 2.89. The lowest BCUT2D eigenvalue weighted by Gasteiger charge is -2.29. The number of ether oxygens (including phenoxy) is 2. The van der Waals surface area contributed by atoms with Crippen molar-refractivity contribution in [2.24, 2.45) is 5.92 Å². The molecule has 3 aromatic rings. The van der Waals surface area contributed by atoms with E-state index in [-0.39, 0.29) is 5.56 Å². The molecule has 1 aliphatic heterocycles. The summed E-state index contributed by atoms with van der Waals surface area (Å²) >= 11 is 0. The molecule has 4 rings (SSSR count). The van der Waals surface area contributed by atoms with Gasteiger partial charge in [0.15, 0.2) is 17.9 Å². The van der Waals surface area contributed by atoms with Gasteiger partial charge in [-0.25, -0.2) is 13.2 Å². The summed E-state index contributed by atoms with van der Waals surface area (Å²) in [4.78, 5) is 0. The maximum Gasteiger partial charge on any atom is 0.183 e. The molecule has 0 radical (unpaired) electrons. The van der Waals surface area contributed by atoms with E-state index in [0.29, 0.717) is 53.4 Å². The van der Waals surface area contributed by atoms with Gasteiger partial charge in [0, 0.05) is 22.6 Å². The number of unbranched alkanes of at least 4 members (excludes halogenated alkanes) is 1. The van der Waals surface area contributed by atoms with E-state index < -0.39 is 23.7 Å². The lowest BCUT2D eigenvalue weighted by molar-refractivity contribution is -0.205. The molecule has 1 saturated heterocycles. The van der Waals surface area contributed by atoms with Crippen LogP contribution in [0.3, 0.4) is 0 Å². The number of rotatable bonds is 9. The van der Waals surface area contributed by atoms with Crippen LogP contribution in [0.2, 0.25) is 0 Å². The Bertz CT molecular complexity index is 1150. The largest absolute Gasteiger partial charge is 0.348 e. The van der Waals surface area contributed by atoms with Crippen LogP contribution in [0.15, 0.2) is 67.3 Å². The van der Waals surface area contributed by atoms with Gasteiger partial charge in [-0.3, -0.25) is 0 Å². The topological polar surface area (TPSA) is 18.5 Å². The van der Waals surface area contributed by atoms with E-state index in [1.165, 1.54) is 6.07 Å². The first-order valence-corrected chi connectivity index (χ1v) is 12.2. The molecule has 184 valence electrons. The minimum absolute atomic E-state index is 0.197. The predicted octanol–water partition coefficient (Wildman–Crippen LogP) is 8.41. The summed E-state index contributed by atoms with van der Waals surface area (Å²) in [6, 6.07) is 15.0. The van der Waals surface area contributed by atoms with Crippen LogP contribution in [-0.4, -0.2) is 13.2 Å². The number of hydrogen-bond donors (Lipinski definition) is 0. The van der Waals surface area contributed by atoms with Gasteiger partial charge in [-0.05, 0) is 48.4 Å². The molecule has 1 fully saturated rings. The fourth-order valence-electron chi connectivity index (χ4n) is 4.37. The summed E-state index contributed by atoms with van der Waals surface area (Å²) in [6.45, 7) is 6.89. The van der Waals surface area contributed by atoms with Crippen molar-refractivity contribution in [1.29, 1.82) is 0 Å². The van der Waals surface area contributed by atoms with Crippen molar-refractivity contribution in [3.05, 3.63) is 95.8 Å².